The molecule has 2 rings (SSSR count). The molecule has 0 aromatic heterocycles. The summed E-state index contributed by atoms with van der Waals surface area (Å²) in [6, 6.07) is 7.29. The topological polar surface area (TPSA) is 68.3 Å². The minimum Gasteiger partial charge on any atom is -0.465 e. The van der Waals surface area contributed by atoms with Crippen molar-refractivity contribution in [3.05, 3.63) is 24.3 Å². The maximum Gasteiger partial charge on any atom is 0.411 e. The Kier molecular flexibility index (Phi) is 5.81. The highest BCUT2D eigenvalue weighted by Crippen LogP contribution is 2.33. The number of rotatable bonds is 4. The molecule has 144 valence electrons. The molecule has 1 aliphatic rings. The van der Waals surface area contributed by atoms with E-state index in [-0.39, 0.29) is 19.2 Å². The first-order valence-electron chi connectivity index (χ1n) is 8.57. The minimum absolute atomic E-state index is 0.0550. The molecule has 1 fully saturated rings. The summed E-state index contributed by atoms with van der Waals surface area (Å²) < 4.78 is 16.0. The Balaban J connectivity index is 2.24. The van der Waals surface area contributed by atoms with Crippen molar-refractivity contribution in [2.45, 2.75) is 45.8 Å². The normalized spacial score (nSPS) is 17.2. The molecule has 0 unspecified atom stereocenters. The molecule has 1 aliphatic heterocycles. The van der Waals surface area contributed by atoms with Crippen LogP contribution in [0.1, 0.15) is 34.6 Å². The van der Waals surface area contributed by atoms with Gasteiger partial charge in [0.2, 0.25) is 5.91 Å². The second-order valence-corrected chi connectivity index (χ2v) is 7.88. The van der Waals surface area contributed by atoms with Crippen LogP contribution < -0.4 is 9.64 Å². The largest absolute Gasteiger partial charge is 0.465 e. The molecule has 0 aliphatic carbocycles. The van der Waals surface area contributed by atoms with Crippen molar-refractivity contribution in [3.8, 4) is 5.75 Å². The first kappa shape index (κ1) is 20.0. The molecule has 1 saturated heterocycles. The number of amides is 2. The molecule has 26 heavy (non-hydrogen) atoms. The van der Waals surface area contributed by atoms with Gasteiger partial charge in [0, 0.05) is 13.7 Å². The molecule has 0 saturated carbocycles. The van der Waals surface area contributed by atoms with Crippen LogP contribution in [0.4, 0.5) is 10.5 Å². The van der Waals surface area contributed by atoms with E-state index >= 15 is 0 Å². The summed E-state index contributed by atoms with van der Waals surface area (Å²) in [5.74, 6) is 0.368. The smallest absolute Gasteiger partial charge is 0.411 e. The van der Waals surface area contributed by atoms with Gasteiger partial charge in [-0.1, -0.05) is 12.1 Å². The number of hydrogen-bond donors (Lipinski definition) is 0. The lowest BCUT2D eigenvalue weighted by molar-refractivity contribution is -0.124. The van der Waals surface area contributed by atoms with Gasteiger partial charge in [-0.15, -0.1) is 0 Å². The minimum atomic E-state index is -0.617. The summed E-state index contributed by atoms with van der Waals surface area (Å²) in [5, 5.41) is 0. The number of piperazine rings is 1. The molecule has 0 spiro atoms. The molecule has 7 nitrogen and oxygen atoms in total. The number of methoxy groups -OCH3 is 1. The molecular weight excluding hydrogens is 336 g/mol. The van der Waals surface area contributed by atoms with Crippen molar-refractivity contribution in [2.75, 3.05) is 31.9 Å². The molecular formula is C19H28N2O5. The number of carbonyl (C=O) groups excluding carboxylic acids is 2. The van der Waals surface area contributed by atoms with Gasteiger partial charge in [0.25, 0.3) is 0 Å². The van der Waals surface area contributed by atoms with Crippen LogP contribution >= 0.6 is 0 Å². The fourth-order valence-electron chi connectivity index (χ4n) is 2.77. The highest BCUT2D eigenvalue weighted by Gasteiger charge is 2.43. The van der Waals surface area contributed by atoms with Crippen molar-refractivity contribution in [2.24, 2.45) is 0 Å². The number of ether oxygens (including phenoxy) is 3. The Labute approximate surface area is 154 Å². The number of anilines is 1. The third-order valence-corrected chi connectivity index (χ3v) is 3.97. The van der Waals surface area contributed by atoms with Gasteiger partial charge < -0.3 is 19.1 Å². The molecule has 0 N–H and O–H groups in total. The van der Waals surface area contributed by atoms with E-state index in [9.17, 15) is 9.59 Å². The zero-order chi connectivity index (χ0) is 19.5. The van der Waals surface area contributed by atoms with Gasteiger partial charge in [0.15, 0.2) is 6.79 Å². The first-order chi connectivity index (χ1) is 12.0. The summed E-state index contributed by atoms with van der Waals surface area (Å²) in [6.45, 7) is 9.60. The van der Waals surface area contributed by atoms with Gasteiger partial charge in [-0.3, -0.25) is 9.69 Å². The van der Waals surface area contributed by atoms with Gasteiger partial charge in [-0.25, -0.2) is 4.79 Å². The van der Waals surface area contributed by atoms with Gasteiger partial charge in [-0.05, 0) is 46.8 Å². The van der Waals surface area contributed by atoms with Crippen molar-refractivity contribution < 1.29 is 23.8 Å². The third-order valence-electron chi connectivity index (χ3n) is 3.97. The van der Waals surface area contributed by atoms with E-state index in [1.165, 1.54) is 12.0 Å². The van der Waals surface area contributed by atoms with Crippen molar-refractivity contribution in [3.63, 3.8) is 0 Å². The van der Waals surface area contributed by atoms with Crippen molar-refractivity contribution >= 4 is 17.7 Å². The van der Waals surface area contributed by atoms with Gasteiger partial charge in [-0.2, -0.15) is 0 Å². The van der Waals surface area contributed by atoms with Crippen LogP contribution in [0.25, 0.3) is 0 Å². The molecule has 0 atom stereocenters. The number of hydrogen-bond acceptors (Lipinski definition) is 5. The Bertz CT molecular complexity index is 666. The van der Waals surface area contributed by atoms with Crippen LogP contribution in [-0.2, 0) is 14.3 Å². The summed E-state index contributed by atoms with van der Waals surface area (Å²) in [7, 11) is 1.54. The van der Waals surface area contributed by atoms with E-state index in [4.69, 9.17) is 14.2 Å². The monoisotopic (exact) mass is 364 g/mol. The number of carbonyl (C=O) groups is 2. The highest BCUT2D eigenvalue weighted by atomic mass is 16.7. The van der Waals surface area contributed by atoms with E-state index in [1.54, 1.807) is 31.7 Å². The van der Waals surface area contributed by atoms with E-state index < -0.39 is 17.2 Å². The summed E-state index contributed by atoms with van der Waals surface area (Å²) in [6.07, 6.45) is -0.487. The Morgan fingerprint density at radius 2 is 1.88 bits per heavy atom. The van der Waals surface area contributed by atoms with E-state index in [1.807, 2.05) is 32.0 Å². The lowest BCUT2D eigenvalue weighted by atomic mass is 9.98. The third kappa shape index (κ3) is 4.66. The fraction of sp³-hybridized carbons (Fsp3) is 0.579. The van der Waals surface area contributed by atoms with Crippen LogP contribution in [-0.4, -0.2) is 55.0 Å². The Morgan fingerprint density at radius 1 is 1.23 bits per heavy atom. The lowest BCUT2D eigenvalue weighted by Crippen LogP contribution is -2.64. The molecule has 0 bridgehead atoms. The molecule has 0 radical (unpaired) electrons. The predicted molar refractivity (Wildman–Crippen MR) is 98.3 cm³/mol. The van der Waals surface area contributed by atoms with Crippen molar-refractivity contribution in [1.82, 2.24) is 4.90 Å². The van der Waals surface area contributed by atoms with Gasteiger partial charge in [0.05, 0.1) is 11.2 Å². The lowest BCUT2D eigenvalue weighted by Gasteiger charge is -2.46. The molecule has 7 heteroatoms. The summed E-state index contributed by atoms with van der Waals surface area (Å²) in [4.78, 5) is 28.4. The highest BCUT2D eigenvalue weighted by molar-refractivity contribution is 5.99. The van der Waals surface area contributed by atoms with E-state index in [2.05, 4.69) is 0 Å². The fourth-order valence-corrected chi connectivity index (χ4v) is 2.77. The van der Waals surface area contributed by atoms with Crippen LogP contribution in [0, 0.1) is 0 Å². The average molecular weight is 364 g/mol. The van der Waals surface area contributed by atoms with Crippen LogP contribution in [0.2, 0.25) is 0 Å². The Morgan fingerprint density at radius 3 is 2.50 bits per heavy atom. The predicted octanol–water partition coefficient (Wildman–Crippen LogP) is 3.03. The Hall–Kier alpha value is -2.28. The van der Waals surface area contributed by atoms with Crippen molar-refractivity contribution in [1.29, 1.82) is 0 Å². The molecule has 2 amide bonds. The van der Waals surface area contributed by atoms with Gasteiger partial charge in [0.1, 0.15) is 17.9 Å². The summed E-state index contributed by atoms with van der Waals surface area (Å²) >= 11 is 0. The zero-order valence-corrected chi connectivity index (χ0v) is 16.4. The van der Waals surface area contributed by atoms with E-state index in [0.29, 0.717) is 18.0 Å². The first-order valence-corrected chi connectivity index (χ1v) is 8.57. The van der Waals surface area contributed by atoms with Gasteiger partial charge >= 0.3 is 6.09 Å². The van der Waals surface area contributed by atoms with Crippen LogP contribution in [0.15, 0.2) is 24.3 Å². The SMILES string of the molecule is COCOc1ccccc1N1CC(C)(C)N(C(=O)OC(C)(C)C)CC1=O. The zero-order valence-electron chi connectivity index (χ0n) is 16.4. The number of benzene rings is 1. The van der Waals surface area contributed by atoms with Crippen LogP contribution in [0.5, 0.6) is 5.75 Å². The van der Waals surface area contributed by atoms with Crippen LogP contribution in [0.3, 0.4) is 0 Å². The second-order valence-electron chi connectivity index (χ2n) is 7.88. The van der Waals surface area contributed by atoms with E-state index in [0.717, 1.165) is 0 Å². The molecule has 1 aromatic rings. The number of nitrogens with zero attached hydrogens (tertiary/aromatic N) is 2. The maximum atomic E-state index is 12.8. The maximum absolute atomic E-state index is 12.8. The summed E-state index contributed by atoms with van der Waals surface area (Å²) in [5.41, 5.74) is -0.551. The molecule has 1 heterocycles. The quantitative estimate of drug-likeness (QED) is 0.768. The average Bonchev–Trinajstić information content (AvgIpc) is 2.53. The second kappa shape index (κ2) is 7.53. The number of para-hydroxylation sites is 2. The molecule has 1 aromatic carbocycles. The standard InChI is InChI=1S/C19H28N2O5/c1-18(2,3)26-17(23)21-11-16(22)20(12-19(21,4)5)14-9-7-8-10-15(14)25-13-24-6/h7-10H,11-13H2,1-6H3.